The highest BCUT2D eigenvalue weighted by Crippen LogP contribution is 2.21. The van der Waals surface area contributed by atoms with Crippen molar-refractivity contribution in [3.05, 3.63) is 48.0 Å². The van der Waals surface area contributed by atoms with Gasteiger partial charge in [-0.1, -0.05) is 6.92 Å². The normalized spacial score (nSPS) is 11.9. The van der Waals surface area contributed by atoms with Crippen LogP contribution in [0.15, 0.2) is 46.2 Å². The van der Waals surface area contributed by atoms with Gasteiger partial charge in [0.05, 0.1) is 5.88 Å². The average Bonchev–Trinajstić information content (AvgIpc) is 2.95. The summed E-state index contributed by atoms with van der Waals surface area (Å²) in [7, 11) is -3.65. The Kier molecular flexibility index (Phi) is 4.80. The van der Waals surface area contributed by atoms with Gasteiger partial charge in [0.15, 0.2) is 0 Å². The maximum absolute atomic E-state index is 12.5. The quantitative estimate of drug-likeness (QED) is 0.769. The van der Waals surface area contributed by atoms with Crippen LogP contribution in [-0.2, 0) is 22.4 Å². The lowest BCUT2D eigenvalue weighted by Crippen LogP contribution is -2.30. The first kappa shape index (κ1) is 15.0. The zero-order valence-corrected chi connectivity index (χ0v) is 12.6. The Labute approximate surface area is 123 Å². The van der Waals surface area contributed by atoms with Gasteiger partial charge in [-0.15, -0.1) is 11.6 Å². The Bertz CT molecular complexity index is 655. The van der Waals surface area contributed by atoms with E-state index in [-0.39, 0.29) is 17.5 Å². The number of hydrogen-bond donors (Lipinski definition) is 0. The van der Waals surface area contributed by atoms with E-state index in [0.29, 0.717) is 12.3 Å². The molecule has 0 unspecified atom stereocenters. The second kappa shape index (κ2) is 6.39. The minimum Gasteiger partial charge on any atom is -0.447 e. The molecule has 2 rings (SSSR count). The highest BCUT2D eigenvalue weighted by molar-refractivity contribution is 7.89. The van der Waals surface area contributed by atoms with Crippen LogP contribution < -0.4 is 0 Å². The zero-order chi connectivity index (χ0) is 14.6. The molecule has 5 nitrogen and oxygen atoms in total. The summed E-state index contributed by atoms with van der Waals surface area (Å²) in [6, 6.07) is 6.57. The lowest BCUT2D eigenvalue weighted by molar-refractivity contribution is 0.376. The molecule has 0 aliphatic carbocycles. The monoisotopic (exact) mass is 314 g/mol. The number of rotatable bonds is 6. The molecule has 0 atom stereocenters. The molecular formula is C13H15ClN2O3S. The summed E-state index contributed by atoms with van der Waals surface area (Å²) in [6.07, 6.45) is 3.27. The molecule has 0 spiro atoms. The number of aromatic nitrogens is 1. The fraction of sp³-hybridized carbons (Fsp3) is 0.308. The van der Waals surface area contributed by atoms with Gasteiger partial charge >= 0.3 is 0 Å². The number of alkyl halides is 1. The van der Waals surface area contributed by atoms with Gasteiger partial charge in [0.1, 0.15) is 5.76 Å². The van der Waals surface area contributed by atoms with Crippen molar-refractivity contribution in [3.8, 4) is 0 Å². The molecule has 2 heterocycles. The van der Waals surface area contributed by atoms with E-state index in [2.05, 4.69) is 4.98 Å². The maximum Gasteiger partial charge on any atom is 0.276 e. The SMILES string of the molecule is CCN(Cc1ccncc1)S(=O)(=O)c1ccc(CCl)o1. The largest absolute Gasteiger partial charge is 0.447 e. The predicted molar refractivity (Wildman–Crippen MR) is 75.8 cm³/mol. The van der Waals surface area contributed by atoms with Crippen LogP contribution in [0.4, 0.5) is 0 Å². The molecule has 0 aliphatic heterocycles. The summed E-state index contributed by atoms with van der Waals surface area (Å²) in [5, 5.41) is -0.0796. The smallest absolute Gasteiger partial charge is 0.276 e. The summed E-state index contributed by atoms with van der Waals surface area (Å²) in [5.74, 6) is 0.580. The Morgan fingerprint density at radius 1 is 1.25 bits per heavy atom. The van der Waals surface area contributed by atoms with Gasteiger partial charge in [0, 0.05) is 25.5 Å². The van der Waals surface area contributed by atoms with E-state index in [1.54, 1.807) is 37.5 Å². The average molecular weight is 315 g/mol. The number of nitrogens with zero attached hydrogens (tertiary/aromatic N) is 2. The van der Waals surface area contributed by atoms with Gasteiger partial charge in [-0.05, 0) is 29.8 Å². The minimum atomic E-state index is -3.65. The number of pyridine rings is 1. The van der Waals surface area contributed by atoms with Gasteiger partial charge in [0.2, 0.25) is 5.09 Å². The van der Waals surface area contributed by atoms with Crippen LogP contribution in [0, 0.1) is 0 Å². The van der Waals surface area contributed by atoms with Gasteiger partial charge in [-0.2, -0.15) is 4.31 Å². The molecule has 2 aromatic heterocycles. The number of sulfonamides is 1. The lowest BCUT2D eigenvalue weighted by Gasteiger charge is -2.18. The lowest BCUT2D eigenvalue weighted by atomic mass is 10.3. The van der Waals surface area contributed by atoms with E-state index >= 15 is 0 Å². The van der Waals surface area contributed by atoms with E-state index in [1.807, 2.05) is 0 Å². The molecule has 0 amide bonds. The van der Waals surface area contributed by atoms with Crippen molar-refractivity contribution in [2.75, 3.05) is 6.54 Å². The topological polar surface area (TPSA) is 63.4 Å². The molecule has 0 aliphatic rings. The first-order valence-electron chi connectivity index (χ1n) is 6.11. The third-order valence-electron chi connectivity index (χ3n) is 2.82. The highest BCUT2D eigenvalue weighted by atomic mass is 35.5. The highest BCUT2D eigenvalue weighted by Gasteiger charge is 2.26. The van der Waals surface area contributed by atoms with Crippen molar-refractivity contribution < 1.29 is 12.8 Å². The van der Waals surface area contributed by atoms with E-state index < -0.39 is 10.0 Å². The maximum atomic E-state index is 12.5. The summed E-state index contributed by atoms with van der Waals surface area (Å²) in [6.45, 7) is 2.41. The standard InChI is InChI=1S/C13H15ClN2O3S/c1-2-16(10-11-5-7-15-8-6-11)20(17,18)13-4-3-12(9-14)19-13/h3-8H,2,9-10H2,1H3. The van der Waals surface area contributed by atoms with Crippen molar-refractivity contribution in [2.45, 2.75) is 24.4 Å². The molecule has 0 radical (unpaired) electrons. The third-order valence-corrected chi connectivity index (χ3v) is 4.88. The number of furan rings is 1. The van der Waals surface area contributed by atoms with Gasteiger partial charge in [0.25, 0.3) is 10.0 Å². The van der Waals surface area contributed by atoms with Crippen molar-refractivity contribution in [2.24, 2.45) is 0 Å². The summed E-state index contributed by atoms with van der Waals surface area (Å²) >= 11 is 5.62. The Morgan fingerprint density at radius 3 is 2.50 bits per heavy atom. The van der Waals surface area contributed by atoms with E-state index in [0.717, 1.165) is 5.56 Å². The van der Waals surface area contributed by atoms with Crippen molar-refractivity contribution in [1.29, 1.82) is 0 Å². The van der Waals surface area contributed by atoms with Crippen LogP contribution in [0.5, 0.6) is 0 Å². The number of halogens is 1. The Balaban J connectivity index is 2.25. The van der Waals surface area contributed by atoms with Crippen LogP contribution in [0.2, 0.25) is 0 Å². The summed E-state index contributed by atoms with van der Waals surface area (Å²) < 4.78 is 31.5. The van der Waals surface area contributed by atoms with Gasteiger partial charge in [-0.3, -0.25) is 4.98 Å². The molecule has 0 saturated heterocycles. The van der Waals surface area contributed by atoms with E-state index in [4.69, 9.17) is 16.0 Å². The number of hydrogen-bond acceptors (Lipinski definition) is 4. The minimum absolute atomic E-state index is 0.0796. The van der Waals surface area contributed by atoms with Crippen LogP contribution in [-0.4, -0.2) is 24.3 Å². The van der Waals surface area contributed by atoms with Crippen molar-refractivity contribution in [1.82, 2.24) is 9.29 Å². The first-order valence-corrected chi connectivity index (χ1v) is 8.09. The third kappa shape index (κ3) is 3.20. The first-order chi connectivity index (χ1) is 9.57. The molecule has 2 aromatic rings. The van der Waals surface area contributed by atoms with Crippen LogP contribution in [0.25, 0.3) is 0 Å². The second-order valence-electron chi connectivity index (χ2n) is 4.14. The fourth-order valence-electron chi connectivity index (χ4n) is 1.75. The summed E-state index contributed by atoms with van der Waals surface area (Å²) in [5.41, 5.74) is 0.870. The molecule has 0 bridgehead atoms. The fourth-order valence-corrected chi connectivity index (χ4v) is 3.26. The Hall–Kier alpha value is -1.37. The second-order valence-corrected chi connectivity index (χ2v) is 6.28. The van der Waals surface area contributed by atoms with E-state index in [1.165, 1.54) is 10.4 Å². The molecule has 7 heteroatoms. The van der Waals surface area contributed by atoms with Crippen LogP contribution in [0.1, 0.15) is 18.2 Å². The van der Waals surface area contributed by atoms with Crippen molar-refractivity contribution in [3.63, 3.8) is 0 Å². The molecule has 108 valence electrons. The van der Waals surface area contributed by atoms with E-state index in [9.17, 15) is 8.42 Å². The summed E-state index contributed by atoms with van der Waals surface area (Å²) in [4.78, 5) is 3.91. The molecule has 0 fully saturated rings. The van der Waals surface area contributed by atoms with Crippen molar-refractivity contribution >= 4 is 21.6 Å². The molecule has 0 N–H and O–H groups in total. The Morgan fingerprint density at radius 2 is 1.95 bits per heavy atom. The predicted octanol–water partition coefficient (Wildman–Crippen LogP) is 2.62. The molecule has 20 heavy (non-hydrogen) atoms. The molecule has 0 aromatic carbocycles. The zero-order valence-electron chi connectivity index (χ0n) is 11.0. The van der Waals surface area contributed by atoms with Crippen LogP contribution in [0.3, 0.4) is 0 Å². The molecular weight excluding hydrogens is 300 g/mol. The van der Waals surface area contributed by atoms with Crippen LogP contribution >= 0.6 is 11.6 Å². The van der Waals surface area contributed by atoms with Gasteiger partial charge < -0.3 is 4.42 Å². The van der Waals surface area contributed by atoms with Gasteiger partial charge in [-0.25, -0.2) is 8.42 Å². The molecule has 0 saturated carbocycles.